The van der Waals surface area contributed by atoms with Crippen molar-refractivity contribution in [3.05, 3.63) is 52.7 Å². The van der Waals surface area contributed by atoms with E-state index in [1.165, 1.54) is 36.9 Å². The number of carbonyl (C=O) groups excluding carboxylic acids is 4. The first-order valence-electron chi connectivity index (χ1n) is 14.6. The van der Waals surface area contributed by atoms with Crippen LogP contribution in [-0.2, 0) is 29.4 Å². The number of benzene rings is 1. The summed E-state index contributed by atoms with van der Waals surface area (Å²) in [6.07, 6.45) is -1.03. The van der Waals surface area contributed by atoms with Gasteiger partial charge < -0.3 is 30.3 Å². The Morgan fingerprint density at radius 3 is 2.37 bits per heavy atom. The van der Waals surface area contributed by atoms with Crippen molar-refractivity contribution in [1.82, 2.24) is 39.8 Å². The molecule has 0 atom stereocenters. The third kappa shape index (κ3) is 7.02. The van der Waals surface area contributed by atoms with E-state index >= 15 is 0 Å². The highest BCUT2D eigenvalue weighted by Gasteiger charge is 2.39. The van der Waals surface area contributed by atoms with Crippen molar-refractivity contribution in [3.63, 3.8) is 0 Å². The Labute approximate surface area is 267 Å². The van der Waals surface area contributed by atoms with E-state index in [4.69, 9.17) is 11.6 Å². The maximum atomic E-state index is 13.8. The number of alkyl halides is 3. The van der Waals surface area contributed by atoms with Crippen LogP contribution in [0, 0.1) is 5.92 Å². The molecule has 46 heavy (non-hydrogen) atoms. The molecule has 2 saturated heterocycles. The summed E-state index contributed by atoms with van der Waals surface area (Å²) in [7, 11) is 2.73. The van der Waals surface area contributed by atoms with E-state index in [-0.39, 0.29) is 51.1 Å². The number of imidazole rings is 1. The molecule has 1 aromatic carbocycles. The number of aromatic nitrogens is 4. The van der Waals surface area contributed by atoms with Crippen molar-refractivity contribution in [2.45, 2.75) is 25.6 Å². The summed E-state index contributed by atoms with van der Waals surface area (Å²) < 4.78 is 43.4. The number of anilines is 1. The standard InChI is InChI=1S/C29H33ClF3N9O4/c1-34-23(43)16-42-15-20(24(38-42)29(31,32)33)22-14-36-25(39(22)2)26(44)37-18-3-4-19(21(30)13-18)28(46)41-11-9-40(10-12-41)27(45)17-5-7-35-8-6-17/h3-4,13-15,17,35H,5-12,16H2,1-2H3,(H,34,43)(H,37,44). The van der Waals surface area contributed by atoms with Crippen LogP contribution in [-0.4, -0.2) is 99.1 Å². The second-order valence-corrected chi connectivity index (χ2v) is 11.5. The first-order valence-corrected chi connectivity index (χ1v) is 15.0. The second kappa shape index (κ2) is 13.5. The minimum atomic E-state index is -4.83. The molecule has 17 heteroatoms. The molecule has 0 spiro atoms. The summed E-state index contributed by atoms with van der Waals surface area (Å²) in [4.78, 5) is 58.3. The van der Waals surface area contributed by atoms with E-state index in [1.807, 2.05) is 4.90 Å². The SMILES string of the molecule is CNC(=O)Cn1cc(-c2cnc(C(=O)Nc3ccc(C(=O)N4CCN(C(=O)C5CCNCC5)CC4)c(Cl)c3)n2C)c(C(F)(F)F)n1. The smallest absolute Gasteiger partial charge is 0.358 e. The fourth-order valence-electron chi connectivity index (χ4n) is 5.58. The third-order valence-electron chi connectivity index (χ3n) is 8.11. The first-order chi connectivity index (χ1) is 21.9. The summed E-state index contributed by atoms with van der Waals surface area (Å²) in [5, 5.41) is 11.8. The van der Waals surface area contributed by atoms with Gasteiger partial charge in [-0.05, 0) is 44.1 Å². The quantitative estimate of drug-likeness (QED) is 0.352. The lowest BCUT2D eigenvalue weighted by Crippen LogP contribution is -2.52. The summed E-state index contributed by atoms with van der Waals surface area (Å²) in [6.45, 7) is 2.82. The van der Waals surface area contributed by atoms with Crippen molar-refractivity contribution in [2.75, 3.05) is 51.6 Å². The summed E-state index contributed by atoms with van der Waals surface area (Å²) >= 11 is 6.44. The molecular formula is C29H33ClF3N9O4. The predicted octanol–water partition coefficient (Wildman–Crippen LogP) is 2.24. The summed E-state index contributed by atoms with van der Waals surface area (Å²) in [5.41, 5.74) is -1.16. The molecule has 4 amide bonds. The Hall–Kier alpha value is -4.44. The monoisotopic (exact) mass is 663 g/mol. The summed E-state index contributed by atoms with van der Waals surface area (Å²) in [6, 6.07) is 4.37. The van der Waals surface area contributed by atoms with Gasteiger partial charge in [-0.2, -0.15) is 18.3 Å². The van der Waals surface area contributed by atoms with Gasteiger partial charge in [0.15, 0.2) is 11.5 Å². The van der Waals surface area contributed by atoms with Crippen LogP contribution >= 0.6 is 11.6 Å². The maximum Gasteiger partial charge on any atom is 0.435 e. The van der Waals surface area contributed by atoms with Gasteiger partial charge in [0.2, 0.25) is 11.8 Å². The fourth-order valence-corrected chi connectivity index (χ4v) is 5.84. The van der Waals surface area contributed by atoms with Gasteiger partial charge >= 0.3 is 6.18 Å². The van der Waals surface area contributed by atoms with E-state index < -0.39 is 30.2 Å². The lowest BCUT2D eigenvalue weighted by molar-refractivity contribution is -0.141. The lowest BCUT2D eigenvalue weighted by Gasteiger charge is -2.37. The molecule has 0 radical (unpaired) electrons. The number of rotatable bonds is 7. The van der Waals surface area contributed by atoms with Gasteiger partial charge in [-0.1, -0.05) is 11.6 Å². The van der Waals surface area contributed by atoms with E-state index in [0.717, 1.165) is 43.0 Å². The van der Waals surface area contributed by atoms with Crippen molar-refractivity contribution < 1.29 is 32.3 Å². The highest BCUT2D eigenvalue weighted by atomic mass is 35.5. The molecule has 246 valence electrons. The van der Waals surface area contributed by atoms with Gasteiger partial charge in [0.25, 0.3) is 11.8 Å². The molecule has 13 nitrogen and oxygen atoms in total. The van der Waals surface area contributed by atoms with Crippen LogP contribution in [0.5, 0.6) is 0 Å². The number of carbonyl (C=O) groups is 4. The van der Waals surface area contributed by atoms with Crippen molar-refractivity contribution in [1.29, 1.82) is 0 Å². The highest BCUT2D eigenvalue weighted by molar-refractivity contribution is 6.34. The number of halogens is 4. The largest absolute Gasteiger partial charge is 0.435 e. The normalized spacial score (nSPS) is 16.0. The van der Waals surface area contributed by atoms with E-state index in [1.54, 1.807) is 4.90 Å². The van der Waals surface area contributed by atoms with Crippen LogP contribution in [0.3, 0.4) is 0 Å². The number of piperazine rings is 1. The Balaban J connectivity index is 1.24. The number of amides is 4. The topological polar surface area (TPSA) is 146 Å². The number of piperidine rings is 1. The molecule has 3 N–H and O–H groups in total. The van der Waals surface area contributed by atoms with Crippen LogP contribution in [0.1, 0.15) is 39.5 Å². The van der Waals surface area contributed by atoms with E-state index in [0.29, 0.717) is 26.2 Å². The molecular weight excluding hydrogens is 631 g/mol. The second-order valence-electron chi connectivity index (χ2n) is 11.1. The molecule has 0 bridgehead atoms. The number of nitrogens with one attached hydrogen (secondary N) is 3. The van der Waals surface area contributed by atoms with Gasteiger partial charge in [-0.3, -0.25) is 23.9 Å². The van der Waals surface area contributed by atoms with Crippen LogP contribution in [0.2, 0.25) is 5.02 Å². The van der Waals surface area contributed by atoms with Crippen molar-refractivity contribution in [2.24, 2.45) is 13.0 Å². The molecule has 2 aromatic heterocycles. The molecule has 2 fully saturated rings. The van der Waals surface area contributed by atoms with Gasteiger partial charge in [-0.25, -0.2) is 4.98 Å². The van der Waals surface area contributed by atoms with Crippen LogP contribution in [0.25, 0.3) is 11.3 Å². The zero-order valence-corrected chi connectivity index (χ0v) is 25.9. The van der Waals surface area contributed by atoms with Gasteiger partial charge in [0.05, 0.1) is 28.0 Å². The highest BCUT2D eigenvalue weighted by Crippen LogP contribution is 2.36. The van der Waals surface area contributed by atoms with Gasteiger partial charge in [0, 0.05) is 58.1 Å². The minimum absolute atomic E-state index is 0.00897. The Kier molecular flexibility index (Phi) is 9.67. The zero-order chi connectivity index (χ0) is 33.2. The average Bonchev–Trinajstić information content (AvgIpc) is 3.64. The zero-order valence-electron chi connectivity index (χ0n) is 25.2. The molecule has 2 aliphatic rings. The minimum Gasteiger partial charge on any atom is -0.358 e. The maximum absolute atomic E-state index is 13.8. The molecule has 0 aliphatic carbocycles. The lowest BCUT2D eigenvalue weighted by atomic mass is 9.96. The number of hydrogen-bond donors (Lipinski definition) is 3. The third-order valence-corrected chi connectivity index (χ3v) is 8.42. The molecule has 2 aliphatic heterocycles. The van der Waals surface area contributed by atoms with Gasteiger partial charge in [-0.15, -0.1) is 0 Å². The molecule has 4 heterocycles. The number of nitrogens with zero attached hydrogens (tertiary/aromatic N) is 6. The van der Waals surface area contributed by atoms with Crippen molar-refractivity contribution in [3.8, 4) is 11.3 Å². The van der Waals surface area contributed by atoms with Crippen molar-refractivity contribution >= 4 is 40.9 Å². The van der Waals surface area contributed by atoms with E-state index in [9.17, 15) is 32.3 Å². The van der Waals surface area contributed by atoms with Crippen LogP contribution < -0.4 is 16.0 Å². The van der Waals surface area contributed by atoms with Crippen LogP contribution in [0.15, 0.2) is 30.6 Å². The average molecular weight is 664 g/mol. The first kappa shape index (κ1) is 32.9. The predicted molar refractivity (Wildman–Crippen MR) is 161 cm³/mol. The van der Waals surface area contributed by atoms with Crippen LogP contribution in [0.4, 0.5) is 18.9 Å². The van der Waals surface area contributed by atoms with E-state index in [2.05, 4.69) is 26.0 Å². The fraction of sp³-hybridized carbons (Fsp3) is 0.448. The Morgan fingerprint density at radius 1 is 1.07 bits per heavy atom. The molecule has 0 saturated carbocycles. The molecule has 0 unspecified atom stereocenters. The number of hydrogen-bond acceptors (Lipinski definition) is 7. The summed E-state index contributed by atoms with van der Waals surface area (Å²) in [5.74, 6) is -1.64. The molecule has 5 rings (SSSR count). The Morgan fingerprint density at radius 2 is 1.74 bits per heavy atom. The number of likely N-dealkylation sites (N-methyl/N-ethyl adjacent to an activating group) is 1. The van der Waals surface area contributed by atoms with Gasteiger partial charge in [0.1, 0.15) is 6.54 Å². The molecule has 3 aromatic rings. The Bertz CT molecular complexity index is 1640.